The van der Waals surface area contributed by atoms with Crippen molar-refractivity contribution in [1.82, 2.24) is 24.9 Å². The number of rotatable bonds is 7. The van der Waals surface area contributed by atoms with E-state index in [9.17, 15) is 4.39 Å². The zero-order valence-corrected chi connectivity index (χ0v) is 11.7. The van der Waals surface area contributed by atoms with Crippen LogP contribution in [0.4, 0.5) is 4.39 Å². The van der Waals surface area contributed by atoms with Gasteiger partial charge in [0.05, 0.1) is 18.4 Å². The highest BCUT2D eigenvalue weighted by molar-refractivity contribution is 5.85. The molecule has 0 radical (unpaired) electrons. The normalized spacial score (nSPS) is 10.4. The summed E-state index contributed by atoms with van der Waals surface area (Å²) in [5.74, 6) is 0. The smallest absolute Gasteiger partial charge is 0.109 e. The maximum absolute atomic E-state index is 12.1. The van der Waals surface area contributed by atoms with Crippen molar-refractivity contribution < 1.29 is 4.39 Å². The molecule has 0 saturated heterocycles. The van der Waals surface area contributed by atoms with Crippen molar-refractivity contribution in [2.24, 2.45) is 0 Å². The lowest BCUT2D eigenvalue weighted by Crippen LogP contribution is -2.15. The molecule has 0 fully saturated rings. The second-order valence-corrected chi connectivity index (χ2v) is 4.04. The summed E-state index contributed by atoms with van der Waals surface area (Å²) in [5, 5.41) is 11.6. The van der Waals surface area contributed by atoms with Crippen LogP contribution >= 0.6 is 12.4 Å². The van der Waals surface area contributed by atoms with Crippen LogP contribution in [0.1, 0.15) is 18.2 Å². The van der Waals surface area contributed by atoms with Crippen molar-refractivity contribution in [3.63, 3.8) is 0 Å². The third kappa shape index (κ3) is 4.33. The topological polar surface area (TPSA) is 47.7 Å². The Labute approximate surface area is 118 Å². The molecule has 0 aliphatic rings. The molecular weight excluding hydrogens is 269 g/mol. The summed E-state index contributed by atoms with van der Waals surface area (Å²) in [4.78, 5) is 0. The monoisotopic (exact) mass is 287 g/mol. The van der Waals surface area contributed by atoms with Gasteiger partial charge >= 0.3 is 0 Å². The van der Waals surface area contributed by atoms with E-state index in [1.165, 1.54) is 0 Å². The van der Waals surface area contributed by atoms with E-state index in [0.29, 0.717) is 6.54 Å². The van der Waals surface area contributed by atoms with Crippen LogP contribution < -0.4 is 5.32 Å². The molecule has 0 amide bonds. The summed E-state index contributed by atoms with van der Waals surface area (Å²) in [6, 6.07) is 2.00. The van der Waals surface area contributed by atoms with E-state index in [1.54, 1.807) is 17.1 Å². The van der Waals surface area contributed by atoms with Crippen LogP contribution in [0.2, 0.25) is 0 Å². The first-order valence-corrected chi connectivity index (χ1v) is 6.12. The SMILES string of the molecule is CCn1nccc1CNCc1cnn(CCF)c1.Cl. The number of alkyl halides is 1. The van der Waals surface area contributed by atoms with Crippen LogP contribution in [0, 0.1) is 0 Å². The van der Waals surface area contributed by atoms with Crippen LogP contribution in [0.5, 0.6) is 0 Å². The highest BCUT2D eigenvalue weighted by atomic mass is 35.5. The lowest BCUT2D eigenvalue weighted by molar-refractivity contribution is 0.427. The van der Waals surface area contributed by atoms with Gasteiger partial charge in [-0.2, -0.15) is 10.2 Å². The van der Waals surface area contributed by atoms with Gasteiger partial charge in [0.2, 0.25) is 0 Å². The molecule has 0 atom stereocenters. The average Bonchev–Trinajstić information content (AvgIpc) is 2.99. The van der Waals surface area contributed by atoms with Crippen molar-refractivity contribution in [1.29, 1.82) is 0 Å². The number of aryl methyl sites for hydroxylation is 2. The van der Waals surface area contributed by atoms with E-state index in [0.717, 1.165) is 30.9 Å². The second kappa shape index (κ2) is 7.91. The maximum atomic E-state index is 12.1. The van der Waals surface area contributed by atoms with Crippen molar-refractivity contribution in [2.45, 2.75) is 33.1 Å². The zero-order chi connectivity index (χ0) is 12.8. The number of hydrogen-bond donors (Lipinski definition) is 1. The molecule has 5 nitrogen and oxygen atoms in total. The Morgan fingerprint density at radius 3 is 2.89 bits per heavy atom. The van der Waals surface area contributed by atoms with Gasteiger partial charge in [-0.15, -0.1) is 12.4 Å². The molecule has 1 N–H and O–H groups in total. The van der Waals surface area contributed by atoms with Crippen molar-refractivity contribution in [3.05, 3.63) is 35.9 Å². The molecule has 0 saturated carbocycles. The fourth-order valence-electron chi connectivity index (χ4n) is 1.84. The number of nitrogens with one attached hydrogen (secondary N) is 1. The Morgan fingerprint density at radius 2 is 2.16 bits per heavy atom. The largest absolute Gasteiger partial charge is 0.307 e. The Balaban J connectivity index is 0.00000180. The summed E-state index contributed by atoms with van der Waals surface area (Å²) < 4.78 is 15.7. The fourth-order valence-corrected chi connectivity index (χ4v) is 1.84. The molecule has 0 unspecified atom stereocenters. The van der Waals surface area contributed by atoms with Crippen LogP contribution in [-0.2, 0) is 26.2 Å². The van der Waals surface area contributed by atoms with Gasteiger partial charge in [-0.05, 0) is 13.0 Å². The third-order valence-electron chi connectivity index (χ3n) is 2.74. The zero-order valence-electron chi connectivity index (χ0n) is 10.9. The molecule has 0 bridgehead atoms. The van der Waals surface area contributed by atoms with Gasteiger partial charge in [-0.1, -0.05) is 0 Å². The van der Waals surface area contributed by atoms with Gasteiger partial charge in [-0.3, -0.25) is 9.36 Å². The Morgan fingerprint density at radius 1 is 1.32 bits per heavy atom. The van der Waals surface area contributed by atoms with Crippen LogP contribution in [0.15, 0.2) is 24.7 Å². The van der Waals surface area contributed by atoms with Crippen molar-refractivity contribution in [3.8, 4) is 0 Å². The summed E-state index contributed by atoms with van der Waals surface area (Å²) in [6.07, 6.45) is 5.43. The molecule has 19 heavy (non-hydrogen) atoms. The Bertz CT molecular complexity index is 482. The minimum absolute atomic E-state index is 0. The van der Waals surface area contributed by atoms with E-state index in [2.05, 4.69) is 22.4 Å². The number of nitrogens with zero attached hydrogens (tertiary/aromatic N) is 4. The quantitative estimate of drug-likeness (QED) is 0.844. The van der Waals surface area contributed by atoms with E-state index in [1.807, 2.05) is 16.9 Å². The molecule has 2 aromatic heterocycles. The third-order valence-corrected chi connectivity index (χ3v) is 2.74. The standard InChI is InChI=1S/C12H18FN5.ClH/c1-2-18-12(3-5-15-18)9-14-7-11-8-16-17(10-11)6-4-13;/h3,5,8,10,14H,2,4,6-7,9H2,1H3;1H. The first kappa shape index (κ1) is 15.7. The predicted octanol–water partition coefficient (Wildman–Crippen LogP) is 1.78. The maximum Gasteiger partial charge on any atom is 0.109 e. The molecule has 0 aliphatic heterocycles. The van der Waals surface area contributed by atoms with Crippen LogP contribution in [0.3, 0.4) is 0 Å². The molecule has 2 heterocycles. The minimum Gasteiger partial charge on any atom is -0.307 e. The number of halogens is 2. The predicted molar refractivity (Wildman–Crippen MR) is 73.9 cm³/mol. The van der Waals surface area contributed by atoms with E-state index in [4.69, 9.17) is 0 Å². The highest BCUT2D eigenvalue weighted by Crippen LogP contribution is 2.01. The average molecular weight is 288 g/mol. The van der Waals surface area contributed by atoms with Crippen molar-refractivity contribution in [2.75, 3.05) is 6.67 Å². The second-order valence-electron chi connectivity index (χ2n) is 4.04. The van der Waals surface area contributed by atoms with Crippen LogP contribution in [-0.4, -0.2) is 26.2 Å². The van der Waals surface area contributed by atoms with Gasteiger partial charge in [0.25, 0.3) is 0 Å². The minimum atomic E-state index is -0.385. The van der Waals surface area contributed by atoms with Crippen LogP contribution in [0.25, 0.3) is 0 Å². The Hall–Kier alpha value is -1.40. The molecule has 0 aromatic carbocycles. The molecular formula is C12H19ClFN5. The lowest BCUT2D eigenvalue weighted by Gasteiger charge is -2.05. The van der Waals surface area contributed by atoms with Gasteiger partial charge in [0.15, 0.2) is 0 Å². The van der Waals surface area contributed by atoms with Crippen molar-refractivity contribution >= 4 is 12.4 Å². The summed E-state index contributed by atoms with van der Waals surface area (Å²) >= 11 is 0. The Kier molecular flexibility index (Phi) is 6.52. The number of hydrogen-bond acceptors (Lipinski definition) is 3. The molecule has 0 spiro atoms. The molecule has 2 aromatic rings. The highest BCUT2D eigenvalue weighted by Gasteiger charge is 2.01. The molecule has 7 heteroatoms. The van der Waals surface area contributed by atoms with Gasteiger partial charge in [0.1, 0.15) is 6.67 Å². The lowest BCUT2D eigenvalue weighted by atomic mass is 10.3. The van der Waals surface area contributed by atoms with Gasteiger partial charge in [-0.25, -0.2) is 4.39 Å². The molecule has 0 aliphatic carbocycles. The first-order valence-electron chi connectivity index (χ1n) is 6.12. The van der Waals surface area contributed by atoms with E-state index < -0.39 is 0 Å². The van der Waals surface area contributed by atoms with Gasteiger partial charge in [0, 0.05) is 37.6 Å². The first-order chi connectivity index (χ1) is 8.83. The fraction of sp³-hybridized carbons (Fsp3) is 0.500. The van der Waals surface area contributed by atoms with E-state index in [-0.39, 0.29) is 19.1 Å². The summed E-state index contributed by atoms with van der Waals surface area (Å²) in [7, 11) is 0. The summed E-state index contributed by atoms with van der Waals surface area (Å²) in [5.41, 5.74) is 2.22. The number of aromatic nitrogens is 4. The van der Waals surface area contributed by atoms with Gasteiger partial charge < -0.3 is 5.32 Å². The van der Waals surface area contributed by atoms with E-state index >= 15 is 0 Å². The molecule has 2 rings (SSSR count). The summed E-state index contributed by atoms with van der Waals surface area (Å²) in [6.45, 7) is 4.37. The molecule has 106 valence electrons.